The van der Waals surface area contributed by atoms with Gasteiger partial charge in [-0.2, -0.15) is 0 Å². The zero-order valence-corrected chi connectivity index (χ0v) is 14.9. The summed E-state index contributed by atoms with van der Waals surface area (Å²) in [6, 6.07) is 2.70. The highest BCUT2D eigenvalue weighted by atomic mass is 79.9. The van der Waals surface area contributed by atoms with E-state index < -0.39 is 23.7 Å². The van der Waals surface area contributed by atoms with Gasteiger partial charge in [0.25, 0.3) is 0 Å². The minimum Gasteiger partial charge on any atom is -0.480 e. The molecule has 1 aromatic heterocycles. The Hall–Kier alpha value is -1.83. The zero-order chi connectivity index (χ0) is 17.2. The summed E-state index contributed by atoms with van der Waals surface area (Å²) in [7, 11) is 0. The summed E-state index contributed by atoms with van der Waals surface area (Å²) in [5.74, 6) is -1.05. The molecular weight excluding hydrogens is 366 g/mol. The largest absolute Gasteiger partial charge is 0.480 e. The van der Waals surface area contributed by atoms with Crippen molar-refractivity contribution in [1.82, 2.24) is 9.88 Å². The van der Waals surface area contributed by atoms with Crippen molar-refractivity contribution in [1.29, 1.82) is 0 Å². The van der Waals surface area contributed by atoms with Crippen LogP contribution in [0.25, 0.3) is 0 Å². The van der Waals surface area contributed by atoms with Crippen molar-refractivity contribution in [3.63, 3.8) is 0 Å². The van der Waals surface area contributed by atoms with Crippen molar-refractivity contribution >= 4 is 33.7 Å². The predicted octanol–water partition coefficient (Wildman–Crippen LogP) is 2.35. The summed E-state index contributed by atoms with van der Waals surface area (Å²) in [5, 5.41) is 9.47. The van der Waals surface area contributed by atoms with Gasteiger partial charge in [0.05, 0.1) is 11.9 Å². The molecule has 126 valence electrons. The van der Waals surface area contributed by atoms with Gasteiger partial charge in [-0.25, -0.2) is 14.6 Å². The van der Waals surface area contributed by atoms with Gasteiger partial charge in [0.15, 0.2) is 0 Å². The Bertz CT molecular complexity index is 585. The number of rotatable bonds is 2. The highest BCUT2D eigenvalue weighted by Gasteiger charge is 2.37. The third-order valence-corrected chi connectivity index (χ3v) is 3.84. The Morgan fingerprint density at radius 2 is 2.04 bits per heavy atom. The topological polar surface area (TPSA) is 83.0 Å². The molecule has 7 nitrogen and oxygen atoms in total. The number of hydrogen-bond acceptors (Lipinski definition) is 5. The molecule has 0 bridgehead atoms. The summed E-state index contributed by atoms with van der Waals surface area (Å²) >= 11 is 3.27. The number of amides is 1. The van der Waals surface area contributed by atoms with Gasteiger partial charge in [-0.15, -0.1) is 0 Å². The smallest absolute Gasteiger partial charge is 0.411 e. The number of anilines is 1. The molecule has 1 aliphatic rings. The van der Waals surface area contributed by atoms with E-state index in [0.717, 1.165) is 5.69 Å². The molecule has 1 saturated heterocycles. The van der Waals surface area contributed by atoms with E-state index in [4.69, 9.17) is 4.74 Å². The predicted molar refractivity (Wildman–Crippen MR) is 88.5 cm³/mol. The lowest BCUT2D eigenvalue weighted by molar-refractivity contribution is -0.143. The minimum absolute atomic E-state index is 0.192. The molecular formula is C15H20BrN3O4. The second-order valence-electron chi connectivity index (χ2n) is 6.31. The summed E-state index contributed by atoms with van der Waals surface area (Å²) in [6.07, 6.45) is 1.07. The molecule has 1 aromatic rings. The van der Waals surface area contributed by atoms with Crippen molar-refractivity contribution in [3.8, 4) is 0 Å². The van der Waals surface area contributed by atoms with Crippen LogP contribution >= 0.6 is 15.9 Å². The average Bonchev–Trinajstić information content (AvgIpc) is 2.45. The second-order valence-corrected chi connectivity index (χ2v) is 7.13. The monoisotopic (exact) mass is 385 g/mol. The fourth-order valence-electron chi connectivity index (χ4n) is 2.32. The van der Waals surface area contributed by atoms with Crippen molar-refractivity contribution < 1.29 is 19.4 Å². The molecule has 1 N–H and O–H groups in total. The number of piperazine rings is 1. The molecule has 1 amide bonds. The fraction of sp³-hybridized carbons (Fsp3) is 0.533. The Morgan fingerprint density at radius 3 is 2.57 bits per heavy atom. The number of aromatic nitrogens is 1. The lowest BCUT2D eigenvalue weighted by Crippen LogP contribution is -2.59. The van der Waals surface area contributed by atoms with Crippen LogP contribution in [0.4, 0.5) is 10.5 Å². The number of carboxylic acid groups (broad SMARTS) is 1. The van der Waals surface area contributed by atoms with Gasteiger partial charge in [-0.1, -0.05) is 0 Å². The van der Waals surface area contributed by atoms with Gasteiger partial charge < -0.3 is 14.7 Å². The lowest BCUT2D eigenvalue weighted by atomic mass is 10.1. The van der Waals surface area contributed by atoms with E-state index in [-0.39, 0.29) is 13.1 Å². The maximum atomic E-state index is 12.2. The number of nitrogens with zero attached hydrogens (tertiary/aromatic N) is 3. The van der Waals surface area contributed by atoms with Crippen LogP contribution in [-0.2, 0) is 9.53 Å². The molecule has 1 fully saturated rings. The van der Waals surface area contributed by atoms with Crippen LogP contribution in [0.2, 0.25) is 0 Å². The molecule has 1 aliphatic heterocycles. The molecule has 23 heavy (non-hydrogen) atoms. The molecule has 0 radical (unpaired) electrons. The third-order valence-electron chi connectivity index (χ3n) is 3.37. The Kier molecular flexibility index (Phi) is 5.13. The van der Waals surface area contributed by atoms with Crippen molar-refractivity contribution in [3.05, 3.63) is 22.9 Å². The molecule has 2 heterocycles. The van der Waals surface area contributed by atoms with Gasteiger partial charge in [-0.05, 0) is 48.8 Å². The van der Waals surface area contributed by atoms with Gasteiger partial charge in [-0.3, -0.25) is 4.90 Å². The Morgan fingerprint density at radius 1 is 1.35 bits per heavy atom. The van der Waals surface area contributed by atoms with Crippen LogP contribution in [-0.4, -0.2) is 58.3 Å². The third kappa shape index (κ3) is 4.57. The van der Waals surface area contributed by atoms with Crippen LogP contribution in [0.3, 0.4) is 0 Å². The van der Waals surface area contributed by atoms with E-state index in [1.54, 1.807) is 33.0 Å². The SMILES string of the molecule is CC(C)(C)OC(=O)N1CCN(c2ccc(Br)nc2)CC1C(=O)O. The van der Waals surface area contributed by atoms with E-state index >= 15 is 0 Å². The highest BCUT2D eigenvalue weighted by Crippen LogP contribution is 2.22. The van der Waals surface area contributed by atoms with Crippen LogP contribution < -0.4 is 4.90 Å². The standard InChI is InChI=1S/C15H20BrN3O4/c1-15(2,3)23-14(22)19-7-6-18(9-11(19)13(20)21)10-4-5-12(16)17-8-10/h4-5,8,11H,6-7,9H2,1-3H3,(H,20,21). The maximum Gasteiger partial charge on any atom is 0.411 e. The summed E-state index contributed by atoms with van der Waals surface area (Å²) < 4.78 is 6.01. The van der Waals surface area contributed by atoms with Crippen molar-refractivity contribution in [2.75, 3.05) is 24.5 Å². The molecule has 0 aliphatic carbocycles. The summed E-state index contributed by atoms with van der Waals surface area (Å²) in [5.41, 5.74) is 0.163. The Labute approximate surface area is 143 Å². The molecule has 8 heteroatoms. The molecule has 1 atom stereocenters. The number of carbonyl (C=O) groups excluding carboxylic acids is 1. The quantitative estimate of drug-likeness (QED) is 0.786. The van der Waals surface area contributed by atoms with Crippen LogP contribution in [0, 0.1) is 0 Å². The van der Waals surface area contributed by atoms with Crippen molar-refractivity contribution in [2.45, 2.75) is 32.4 Å². The number of pyridine rings is 1. The molecule has 2 rings (SSSR count). The normalized spacial score (nSPS) is 18.7. The first-order chi connectivity index (χ1) is 10.7. The second kappa shape index (κ2) is 6.74. The number of hydrogen-bond donors (Lipinski definition) is 1. The zero-order valence-electron chi connectivity index (χ0n) is 13.3. The van der Waals surface area contributed by atoms with Crippen LogP contribution in [0.15, 0.2) is 22.9 Å². The number of carbonyl (C=O) groups is 2. The highest BCUT2D eigenvalue weighted by molar-refractivity contribution is 9.10. The van der Waals surface area contributed by atoms with Gasteiger partial charge in [0, 0.05) is 19.6 Å². The number of aliphatic carboxylic acids is 1. The minimum atomic E-state index is -1.05. The fourth-order valence-corrected chi connectivity index (χ4v) is 2.56. The first-order valence-electron chi connectivity index (χ1n) is 7.26. The number of carboxylic acids is 1. The van der Waals surface area contributed by atoms with E-state index in [9.17, 15) is 14.7 Å². The van der Waals surface area contributed by atoms with Crippen LogP contribution in [0.5, 0.6) is 0 Å². The summed E-state index contributed by atoms with van der Waals surface area (Å²) in [6.45, 7) is 6.26. The van der Waals surface area contributed by atoms with Gasteiger partial charge in [0.1, 0.15) is 16.2 Å². The molecule has 0 saturated carbocycles. The molecule has 0 spiro atoms. The molecule has 1 unspecified atom stereocenters. The van der Waals surface area contributed by atoms with E-state index in [1.807, 2.05) is 11.0 Å². The van der Waals surface area contributed by atoms with E-state index in [0.29, 0.717) is 11.1 Å². The maximum absolute atomic E-state index is 12.2. The lowest BCUT2D eigenvalue weighted by Gasteiger charge is -2.40. The Balaban J connectivity index is 2.13. The number of ether oxygens (including phenoxy) is 1. The van der Waals surface area contributed by atoms with Crippen LogP contribution in [0.1, 0.15) is 20.8 Å². The van der Waals surface area contributed by atoms with Gasteiger partial charge >= 0.3 is 12.1 Å². The number of halogens is 1. The first kappa shape index (κ1) is 17.5. The summed E-state index contributed by atoms with van der Waals surface area (Å²) in [4.78, 5) is 31.1. The average molecular weight is 386 g/mol. The van der Waals surface area contributed by atoms with Crippen molar-refractivity contribution in [2.24, 2.45) is 0 Å². The molecule has 0 aromatic carbocycles. The van der Waals surface area contributed by atoms with E-state index in [1.165, 1.54) is 4.90 Å². The van der Waals surface area contributed by atoms with Gasteiger partial charge in [0.2, 0.25) is 0 Å². The first-order valence-corrected chi connectivity index (χ1v) is 8.05. The van der Waals surface area contributed by atoms with E-state index in [2.05, 4.69) is 20.9 Å².